The van der Waals surface area contributed by atoms with Gasteiger partial charge in [0.1, 0.15) is 0 Å². The highest BCUT2D eigenvalue weighted by Crippen LogP contribution is 2.20. The quantitative estimate of drug-likeness (QED) is 0.781. The first-order chi connectivity index (χ1) is 9.11. The Bertz CT molecular complexity index is 293. The molecule has 0 unspecified atom stereocenters. The number of nitrogens with zero attached hydrogens (tertiary/aromatic N) is 2. The molecule has 0 radical (unpaired) electrons. The normalized spacial score (nSPS) is 25.5. The second kappa shape index (κ2) is 6.71. The molecule has 0 aromatic carbocycles. The Hall–Kier alpha value is -0.610. The van der Waals surface area contributed by atoms with E-state index < -0.39 is 0 Å². The number of rotatable bonds is 3. The molecule has 2 saturated heterocycles. The Morgan fingerprint density at radius 3 is 2.21 bits per heavy atom. The fourth-order valence-electron chi connectivity index (χ4n) is 3.15. The van der Waals surface area contributed by atoms with E-state index in [1.165, 1.54) is 0 Å². The number of hydrogen-bond donors (Lipinski definition) is 0. The van der Waals surface area contributed by atoms with Gasteiger partial charge in [-0.3, -0.25) is 9.69 Å². The minimum atomic E-state index is 0.0335. The average Bonchev–Trinajstić information content (AvgIpc) is 2.46. The van der Waals surface area contributed by atoms with Crippen molar-refractivity contribution in [2.45, 2.75) is 51.7 Å². The minimum absolute atomic E-state index is 0.0335. The Morgan fingerprint density at radius 2 is 1.68 bits per heavy atom. The molecule has 0 aromatic rings. The van der Waals surface area contributed by atoms with E-state index in [0.29, 0.717) is 12.0 Å². The van der Waals surface area contributed by atoms with Gasteiger partial charge in [-0.15, -0.1) is 0 Å². The molecule has 2 fully saturated rings. The van der Waals surface area contributed by atoms with Gasteiger partial charge in [0.15, 0.2) is 0 Å². The van der Waals surface area contributed by atoms with Gasteiger partial charge in [-0.25, -0.2) is 0 Å². The van der Waals surface area contributed by atoms with Gasteiger partial charge in [0.25, 0.3) is 0 Å². The van der Waals surface area contributed by atoms with Crippen LogP contribution in [0.15, 0.2) is 0 Å². The molecule has 1 amide bonds. The lowest BCUT2D eigenvalue weighted by Crippen LogP contribution is -2.51. The lowest BCUT2D eigenvalue weighted by Gasteiger charge is -2.38. The average molecular weight is 268 g/mol. The van der Waals surface area contributed by atoms with Gasteiger partial charge >= 0.3 is 0 Å². The van der Waals surface area contributed by atoms with Crippen molar-refractivity contribution in [3.05, 3.63) is 0 Å². The Morgan fingerprint density at radius 1 is 1.11 bits per heavy atom. The van der Waals surface area contributed by atoms with E-state index in [-0.39, 0.29) is 6.04 Å². The SMILES string of the molecule is COC1CCN([C@H](C)C(=O)N2CCC(C)CC2)CC1. The van der Waals surface area contributed by atoms with Gasteiger partial charge in [0.2, 0.25) is 5.91 Å². The van der Waals surface area contributed by atoms with Crippen LogP contribution in [0.2, 0.25) is 0 Å². The first kappa shape index (κ1) is 14.8. The number of amides is 1. The summed E-state index contributed by atoms with van der Waals surface area (Å²) in [5.41, 5.74) is 0. The molecule has 2 aliphatic rings. The molecule has 0 N–H and O–H groups in total. The van der Waals surface area contributed by atoms with Gasteiger partial charge < -0.3 is 9.64 Å². The summed E-state index contributed by atoms with van der Waals surface area (Å²) in [6.45, 7) is 8.19. The van der Waals surface area contributed by atoms with Crippen LogP contribution in [-0.4, -0.2) is 61.1 Å². The molecule has 0 aromatic heterocycles. The Labute approximate surface area is 117 Å². The molecule has 2 heterocycles. The Kier molecular flexibility index (Phi) is 5.22. The zero-order chi connectivity index (χ0) is 13.8. The molecule has 2 aliphatic heterocycles. The van der Waals surface area contributed by atoms with Crippen LogP contribution in [0.4, 0.5) is 0 Å². The number of ether oxygens (including phenoxy) is 1. The van der Waals surface area contributed by atoms with Crippen molar-refractivity contribution in [1.82, 2.24) is 9.80 Å². The molecule has 0 spiro atoms. The third-order valence-electron chi connectivity index (χ3n) is 4.81. The van der Waals surface area contributed by atoms with E-state index in [4.69, 9.17) is 4.74 Å². The highest BCUT2D eigenvalue weighted by atomic mass is 16.5. The van der Waals surface area contributed by atoms with Crippen molar-refractivity contribution in [2.24, 2.45) is 5.92 Å². The third-order valence-corrected chi connectivity index (χ3v) is 4.81. The zero-order valence-corrected chi connectivity index (χ0v) is 12.6. The highest BCUT2D eigenvalue weighted by Gasteiger charge is 2.30. The van der Waals surface area contributed by atoms with Gasteiger partial charge in [0, 0.05) is 33.3 Å². The van der Waals surface area contributed by atoms with Crippen molar-refractivity contribution in [1.29, 1.82) is 0 Å². The number of hydrogen-bond acceptors (Lipinski definition) is 3. The van der Waals surface area contributed by atoms with Crippen LogP contribution in [0, 0.1) is 5.92 Å². The van der Waals surface area contributed by atoms with Gasteiger partial charge in [-0.05, 0) is 38.5 Å². The number of carbonyl (C=O) groups excluding carboxylic acids is 1. The summed E-state index contributed by atoms with van der Waals surface area (Å²) in [6.07, 6.45) is 4.79. The molecule has 4 nitrogen and oxygen atoms in total. The largest absolute Gasteiger partial charge is 0.381 e. The van der Waals surface area contributed by atoms with Gasteiger partial charge in [-0.1, -0.05) is 6.92 Å². The summed E-state index contributed by atoms with van der Waals surface area (Å²) >= 11 is 0. The number of piperidine rings is 2. The standard InChI is InChI=1S/C15H28N2O2/c1-12-4-8-17(9-5-12)15(18)13(2)16-10-6-14(19-3)7-11-16/h12-14H,4-11H2,1-3H3/t13-/m1/s1. The maximum Gasteiger partial charge on any atom is 0.239 e. The molecular weight excluding hydrogens is 240 g/mol. The van der Waals surface area contributed by atoms with Crippen LogP contribution in [-0.2, 0) is 9.53 Å². The first-order valence-corrected chi connectivity index (χ1v) is 7.67. The fraction of sp³-hybridized carbons (Fsp3) is 0.933. The van der Waals surface area contributed by atoms with E-state index in [0.717, 1.165) is 57.8 Å². The molecule has 4 heteroatoms. The van der Waals surface area contributed by atoms with Crippen molar-refractivity contribution in [2.75, 3.05) is 33.3 Å². The second-order valence-electron chi connectivity index (χ2n) is 6.15. The predicted octanol–water partition coefficient (Wildman–Crippen LogP) is 1.74. The highest BCUT2D eigenvalue weighted by molar-refractivity contribution is 5.81. The van der Waals surface area contributed by atoms with E-state index >= 15 is 0 Å². The van der Waals surface area contributed by atoms with Crippen LogP contribution in [0.5, 0.6) is 0 Å². The molecule has 0 saturated carbocycles. The van der Waals surface area contributed by atoms with Crippen molar-refractivity contribution >= 4 is 5.91 Å². The molecule has 1 atom stereocenters. The summed E-state index contributed by atoms with van der Waals surface area (Å²) in [5.74, 6) is 1.10. The van der Waals surface area contributed by atoms with Gasteiger partial charge in [-0.2, -0.15) is 0 Å². The first-order valence-electron chi connectivity index (χ1n) is 7.67. The summed E-state index contributed by atoms with van der Waals surface area (Å²) in [5, 5.41) is 0. The summed E-state index contributed by atoms with van der Waals surface area (Å²) in [4.78, 5) is 16.9. The molecule has 19 heavy (non-hydrogen) atoms. The number of methoxy groups -OCH3 is 1. The maximum atomic E-state index is 12.5. The predicted molar refractivity (Wildman–Crippen MR) is 76.0 cm³/mol. The van der Waals surface area contributed by atoms with Crippen molar-refractivity contribution in [3.63, 3.8) is 0 Å². The van der Waals surface area contributed by atoms with E-state index in [1.807, 2.05) is 0 Å². The van der Waals surface area contributed by atoms with E-state index in [1.54, 1.807) is 7.11 Å². The Balaban J connectivity index is 1.82. The smallest absolute Gasteiger partial charge is 0.239 e. The molecule has 110 valence electrons. The zero-order valence-electron chi connectivity index (χ0n) is 12.6. The van der Waals surface area contributed by atoms with Crippen molar-refractivity contribution < 1.29 is 9.53 Å². The fourth-order valence-corrected chi connectivity index (χ4v) is 3.15. The lowest BCUT2D eigenvalue weighted by atomic mass is 9.98. The van der Waals surface area contributed by atoms with Crippen LogP contribution in [0.3, 0.4) is 0 Å². The summed E-state index contributed by atoms with van der Waals surface area (Å²) < 4.78 is 5.39. The molecular formula is C15H28N2O2. The molecule has 0 aliphatic carbocycles. The lowest BCUT2D eigenvalue weighted by molar-refractivity contribution is -0.138. The number of likely N-dealkylation sites (tertiary alicyclic amines) is 2. The monoisotopic (exact) mass is 268 g/mol. The second-order valence-corrected chi connectivity index (χ2v) is 6.15. The van der Waals surface area contributed by atoms with E-state index in [2.05, 4.69) is 23.6 Å². The van der Waals surface area contributed by atoms with Crippen LogP contribution < -0.4 is 0 Å². The molecule has 0 bridgehead atoms. The van der Waals surface area contributed by atoms with Crippen molar-refractivity contribution in [3.8, 4) is 0 Å². The van der Waals surface area contributed by atoms with Gasteiger partial charge in [0.05, 0.1) is 12.1 Å². The summed E-state index contributed by atoms with van der Waals surface area (Å²) in [6, 6.07) is 0.0335. The number of carbonyl (C=O) groups is 1. The molecule has 2 rings (SSSR count). The summed E-state index contributed by atoms with van der Waals surface area (Å²) in [7, 11) is 1.78. The van der Waals surface area contributed by atoms with Crippen LogP contribution >= 0.6 is 0 Å². The van der Waals surface area contributed by atoms with Crippen LogP contribution in [0.25, 0.3) is 0 Å². The maximum absolute atomic E-state index is 12.5. The third kappa shape index (κ3) is 3.69. The van der Waals surface area contributed by atoms with Crippen LogP contribution in [0.1, 0.15) is 39.5 Å². The minimum Gasteiger partial charge on any atom is -0.381 e. The van der Waals surface area contributed by atoms with E-state index in [9.17, 15) is 4.79 Å². The topological polar surface area (TPSA) is 32.8 Å².